The molecule has 144 valence electrons. The second-order valence-corrected chi connectivity index (χ2v) is 7.97. The first-order valence-corrected chi connectivity index (χ1v) is 9.36. The van der Waals surface area contributed by atoms with Gasteiger partial charge in [0, 0.05) is 21.0 Å². The largest absolute Gasteiger partial charge is 0.444 e. The molecule has 0 saturated heterocycles. The Balaban J connectivity index is 2.01. The number of anilines is 1. The van der Waals surface area contributed by atoms with E-state index in [-0.39, 0.29) is 23.1 Å². The highest BCUT2D eigenvalue weighted by molar-refractivity contribution is 7.14. The summed E-state index contributed by atoms with van der Waals surface area (Å²) in [6.45, 7) is 5.28. The standard InChI is InChI=1S/C17H17Cl2N3O4S/c1-17(2,3)26-16(24)21-15-20-14(9-27-15)13(7-23)22-25-8-10-6-11(18)4-5-12(10)19/h4-7,9H,8H2,1-3H3,(H,20,21,24). The molecular formula is C17H17Cl2N3O4S. The average molecular weight is 430 g/mol. The Bertz CT molecular complexity index is 862. The minimum Gasteiger partial charge on any atom is -0.444 e. The van der Waals surface area contributed by atoms with Crippen LogP contribution in [0.1, 0.15) is 32.0 Å². The fourth-order valence-electron chi connectivity index (χ4n) is 1.79. The van der Waals surface area contributed by atoms with E-state index in [4.69, 9.17) is 32.8 Å². The zero-order chi connectivity index (χ0) is 20.0. The Labute approximate surface area is 170 Å². The highest BCUT2D eigenvalue weighted by atomic mass is 35.5. The molecule has 1 amide bonds. The van der Waals surface area contributed by atoms with Crippen molar-refractivity contribution in [1.29, 1.82) is 0 Å². The van der Waals surface area contributed by atoms with Crippen LogP contribution >= 0.6 is 34.5 Å². The Morgan fingerprint density at radius 1 is 1.37 bits per heavy atom. The Kier molecular flexibility index (Phi) is 7.18. The van der Waals surface area contributed by atoms with Crippen molar-refractivity contribution in [3.8, 4) is 0 Å². The fourth-order valence-corrected chi connectivity index (χ4v) is 2.85. The molecule has 2 aromatic rings. The van der Waals surface area contributed by atoms with E-state index < -0.39 is 11.7 Å². The Hall–Kier alpha value is -2.16. The van der Waals surface area contributed by atoms with Gasteiger partial charge in [-0.15, -0.1) is 11.3 Å². The smallest absolute Gasteiger partial charge is 0.413 e. The van der Waals surface area contributed by atoms with Gasteiger partial charge in [0.25, 0.3) is 0 Å². The average Bonchev–Trinajstić information content (AvgIpc) is 3.01. The summed E-state index contributed by atoms with van der Waals surface area (Å²) in [4.78, 5) is 32.3. The number of carbonyl (C=O) groups is 2. The van der Waals surface area contributed by atoms with Gasteiger partial charge in [0.15, 0.2) is 17.1 Å². The quantitative estimate of drug-likeness (QED) is 0.399. The number of benzene rings is 1. The van der Waals surface area contributed by atoms with Crippen molar-refractivity contribution in [2.24, 2.45) is 5.16 Å². The third-order valence-electron chi connectivity index (χ3n) is 2.88. The molecule has 1 aromatic carbocycles. The molecule has 0 fully saturated rings. The molecule has 0 aliphatic carbocycles. The molecule has 0 radical (unpaired) electrons. The molecule has 0 aliphatic heterocycles. The van der Waals surface area contributed by atoms with Gasteiger partial charge >= 0.3 is 6.09 Å². The summed E-state index contributed by atoms with van der Waals surface area (Å²) in [6, 6.07) is 4.94. The number of nitrogens with one attached hydrogen (secondary N) is 1. The predicted molar refractivity (Wildman–Crippen MR) is 106 cm³/mol. The number of aromatic nitrogens is 1. The summed E-state index contributed by atoms with van der Waals surface area (Å²) in [5, 5.41) is 9.09. The van der Waals surface area contributed by atoms with Crippen LogP contribution in [0.3, 0.4) is 0 Å². The number of halogens is 2. The first-order valence-electron chi connectivity index (χ1n) is 7.73. The minimum absolute atomic E-state index is 0.0263. The van der Waals surface area contributed by atoms with Gasteiger partial charge in [0.2, 0.25) is 0 Å². The maximum absolute atomic E-state index is 11.8. The van der Waals surface area contributed by atoms with E-state index in [9.17, 15) is 9.59 Å². The molecule has 0 saturated carbocycles. The number of thiazole rings is 1. The van der Waals surface area contributed by atoms with E-state index >= 15 is 0 Å². The van der Waals surface area contributed by atoms with Crippen LogP contribution in [0.15, 0.2) is 28.7 Å². The van der Waals surface area contributed by atoms with Gasteiger partial charge in [-0.2, -0.15) is 0 Å². The molecule has 0 spiro atoms. The van der Waals surface area contributed by atoms with E-state index in [1.165, 1.54) is 0 Å². The SMILES string of the molecule is CC(C)(C)OC(=O)Nc1nc(C(C=O)=NOCc2cc(Cl)ccc2Cl)cs1. The van der Waals surface area contributed by atoms with Crippen molar-refractivity contribution in [1.82, 2.24) is 4.98 Å². The summed E-state index contributed by atoms with van der Waals surface area (Å²) < 4.78 is 5.14. The number of aldehydes is 1. The maximum atomic E-state index is 11.8. The van der Waals surface area contributed by atoms with E-state index in [1.54, 1.807) is 44.4 Å². The van der Waals surface area contributed by atoms with Crippen molar-refractivity contribution >= 4 is 57.8 Å². The molecule has 10 heteroatoms. The summed E-state index contributed by atoms with van der Waals surface area (Å²) in [6.07, 6.45) is -0.133. The number of amides is 1. The summed E-state index contributed by atoms with van der Waals surface area (Å²) >= 11 is 13.1. The van der Waals surface area contributed by atoms with Gasteiger partial charge in [-0.25, -0.2) is 9.78 Å². The lowest BCUT2D eigenvalue weighted by atomic mass is 10.2. The van der Waals surface area contributed by atoms with Crippen molar-refractivity contribution in [2.45, 2.75) is 33.0 Å². The van der Waals surface area contributed by atoms with E-state index in [0.717, 1.165) is 11.3 Å². The van der Waals surface area contributed by atoms with Gasteiger partial charge in [-0.05, 0) is 39.0 Å². The first kappa shape index (κ1) is 21.1. The van der Waals surface area contributed by atoms with E-state index in [1.807, 2.05) is 0 Å². The van der Waals surface area contributed by atoms with Gasteiger partial charge in [0.05, 0.1) is 0 Å². The molecule has 0 bridgehead atoms. The van der Waals surface area contributed by atoms with Gasteiger partial charge in [0.1, 0.15) is 17.9 Å². The topological polar surface area (TPSA) is 89.9 Å². The number of rotatable bonds is 6. The highest BCUT2D eigenvalue weighted by Crippen LogP contribution is 2.22. The predicted octanol–water partition coefficient (Wildman–Crippen LogP) is 4.92. The molecular weight excluding hydrogens is 413 g/mol. The zero-order valence-corrected chi connectivity index (χ0v) is 17.1. The Morgan fingerprint density at radius 3 is 2.78 bits per heavy atom. The number of hydrogen-bond acceptors (Lipinski definition) is 7. The van der Waals surface area contributed by atoms with Crippen LogP contribution < -0.4 is 5.32 Å². The number of oxime groups is 1. The lowest BCUT2D eigenvalue weighted by Crippen LogP contribution is -2.27. The second kappa shape index (κ2) is 9.16. The van der Waals surface area contributed by atoms with Gasteiger partial charge in [-0.1, -0.05) is 28.4 Å². The first-order chi connectivity index (χ1) is 12.7. The molecule has 2 rings (SSSR count). The molecule has 7 nitrogen and oxygen atoms in total. The minimum atomic E-state index is -0.639. The summed E-state index contributed by atoms with van der Waals surface area (Å²) in [5.74, 6) is 0. The molecule has 0 unspecified atom stereocenters. The molecule has 27 heavy (non-hydrogen) atoms. The van der Waals surface area contributed by atoms with Crippen molar-refractivity contribution in [3.05, 3.63) is 44.9 Å². The number of nitrogens with zero attached hydrogens (tertiary/aromatic N) is 2. The van der Waals surface area contributed by atoms with Crippen molar-refractivity contribution in [3.63, 3.8) is 0 Å². The third kappa shape index (κ3) is 6.82. The maximum Gasteiger partial charge on any atom is 0.413 e. The number of hydrogen-bond donors (Lipinski definition) is 1. The number of carbonyl (C=O) groups excluding carboxylic acids is 2. The molecule has 0 aliphatic rings. The second-order valence-electron chi connectivity index (χ2n) is 6.27. The number of ether oxygens (including phenoxy) is 1. The van der Waals surface area contributed by atoms with Crippen molar-refractivity contribution < 1.29 is 19.2 Å². The molecule has 0 atom stereocenters. The van der Waals surface area contributed by atoms with Crippen LogP contribution in [0.25, 0.3) is 0 Å². The third-order valence-corrected chi connectivity index (χ3v) is 4.24. The van der Waals surface area contributed by atoms with Crippen LogP contribution in [-0.4, -0.2) is 28.7 Å². The Morgan fingerprint density at radius 2 is 2.11 bits per heavy atom. The van der Waals surface area contributed by atoms with Crippen LogP contribution in [-0.2, 0) is 21.0 Å². The van der Waals surface area contributed by atoms with Gasteiger partial charge in [-0.3, -0.25) is 10.1 Å². The lowest BCUT2D eigenvalue weighted by molar-refractivity contribution is -0.102. The zero-order valence-electron chi connectivity index (χ0n) is 14.8. The van der Waals surface area contributed by atoms with Crippen LogP contribution in [0, 0.1) is 0 Å². The molecule has 1 heterocycles. The molecule has 1 aromatic heterocycles. The fraction of sp³-hybridized carbons (Fsp3) is 0.294. The van der Waals surface area contributed by atoms with Crippen LogP contribution in [0.4, 0.5) is 9.93 Å². The van der Waals surface area contributed by atoms with E-state index in [0.29, 0.717) is 21.9 Å². The highest BCUT2D eigenvalue weighted by Gasteiger charge is 2.18. The summed E-state index contributed by atoms with van der Waals surface area (Å²) in [5.41, 5.74) is 0.235. The van der Waals surface area contributed by atoms with Crippen LogP contribution in [0.2, 0.25) is 10.0 Å². The summed E-state index contributed by atoms with van der Waals surface area (Å²) in [7, 11) is 0. The lowest BCUT2D eigenvalue weighted by Gasteiger charge is -2.18. The molecule has 1 N–H and O–H groups in total. The van der Waals surface area contributed by atoms with E-state index in [2.05, 4.69) is 15.5 Å². The van der Waals surface area contributed by atoms with Crippen LogP contribution in [0.5, 0.6) is 0 Å². The van der Waals surface area contributed by atoms with Gasteiger partial charge < -0.3 is 9.57 Å². The van der Waals surface area contributed by atoms with Crippen molar-refractivity contribution in [2.75, 3.05) is 5.32 Å². The monoisotopic (exact) mass is 429 g/mol. The normalized spacial score (nSPS) is 11.8.